The monoisotopic (exact) mass is 560 g/mol. The molecule has 7 N–H and O–H groups in total. The third-order valence-corrected chi connectivity index (χ3v) is 5.88. The van der Waals surface area contributed by atoms with Crippen LogP contribution in [0.2, 0.25) is 0 Å². The largest absolute Gasteiger partial charge is 0.356 e. The maximum atomic E-state index is 11.9. The lowest BCUT2D eigenvalue weighted by atomic mass is 10.2. The van der Waals surface area contributed by atoms with Gasteiger partial charge in [0.15, 0.2) is 0 Å². The van der Waals surface area contributed by atoms with Crippen molar-refractivity contribution >= 4 is 29.5 Å². The van der Waals surface area contributed by atoms with Gasteiger partial charge in [-0.25, -0.2) is 15.2 Å². The van der Waals surface area contributed by atoms with Gasteiger partial charge in [-0.3, -0.25) is 39.6 Å². The minimum Gasteiger partial charge on any atom is -0.356 e. The molecule has 0 atom stereocenters. The lowest BCUT2D eigenvalue weighted by Gasteiger charge is -2.15. The van der Waals surface area contributed by atoms with Gasteiger partial charge in [0.2, 0.25) is 29.5 Å². The van der Waals surface area contributed by atoms with E-state index in [1.54, 1.807) is 0 Å². The number of hydrogen-bond donors (Lipinski definition) is 6. The van der Waals surface area contributed by atoms with E-state index in [-0.39, 0.29) is 57.1 Å². The summed E-state index contributed by atoms with van der Waals surface area (Å²) in [6.07, 6.45) is 5.89. The molecule has 0 saturated carbocycles. The molecule has 0 heterocycles. The summed E-state index contributed by atoms with van der Waals surface area (Å²) >= 11 is 0. The molecule has 226 valence electrons. The fourth-order valence-electron chi connectivity index (χ4n) is 3.45. The average molecular weight is 561 g/mol. The van der Waals surface area contributed by atoms with Crippen LogP contribution in [0.25, 0.3) is 0 Å². The first-order valence-corrected chi connectivity index (χ1v) is 13.8. The van der Waals surface area contributed by atoms with E-state index in [2.05, 4.69) is 10.6 Å². The molecule has 0 aromatic heterocycles. The molecule has 0 saturated heterocycles. The van der Waals surface area contributed by atoms with Crippen molar-refractivity contribution in [2.24, 2.45) is 5.73 Å². The Hall–Kier alpha value is -2.81. The van der Waals surface area contributed by atoms with E-state index in [0.29, 0.717) is 73.3 Å². The van der Waals surface area contributed by atoms with E-state index in [1.165, 1.54) is 6.92 Å². The number of hydroxylamine groups is 6. The zero-order valence-electron chi connectivity index (χ0n) is 23.2. The number of rotatable bonds is 23. The standard InChI is InChI=1S/C25H48N6O8/c1-21(32)29(37)18-9-4-10-20-31(39)25(36)14-12-23(34)28-17-7-3-6-16-27-22(33)11-13-24(35)30(38)19-8-2-5-15-26/h37-39H,2-20,26H2,1H3,(H,27,33)(H,28,34). The average Bonchev–Trinajstić information content (AvgIpc) is 2.91. The van der Waals surface area contributed by atoms with Crippen LogP contribution in [0.1, 0.15) is 90.4 Å². The van der Waals surface area contributed by atoms with Crippen LogP contribution in [0.4, 0.5) is 0 Å². The number of unbranched alkanes of at least 4 members (excludes halogenated alkanes) is 6. The Bertz CT molecular complexity index is 739. The maximum Gasteiger partial charge on any atom is 0.246 e. The van der Waals surface area contributed by atoms with Gasteiger partial charge >= 0.3 is 0 Å². The highest BCUT2D eigenvalue weighted by Crippen LogP contribution is 2.03. The molecule has 5 amide bonds. The first-order valence-electron chi connectivity index (χ1n) is 13.8. The van der Waals surface area contributed by atoms with Gasteiger partial charge in [-0.05, 0) is 57.9 Å². The third-order valence-electron chi connectivity index (χ3n) is 5.88. The molecule has 39 heavy (non-hydrogen) atoms. The van der Waals surface area contributed by atoms with Crippen molar-refractivity contribution in [3.8, 4) is 0 Å². The molecular weight excluding hydrogens is 512 g/mol. The van der Waals surface area contributed by atoms with Crippen LogP contribution in [0.3, 0.4) is 0 Å². The summed E-state index contributed by atoms with van der Waals surface area (Å²) in [5.74, 6) is -2.04. The normalized spacial score (nSPS) is 10.6. The second kappa shape index (κ2) is 23.1. The zero-order valence-corrected chi connectivity index (χ0v) is 23.2. The second-order valence-corrected chi connectivity index (χ2v) is 9.35. The van der Waals surface area contributed by atoms with Crippen LogP contribution in [0.5, 0.6) is 0 Å². The smallest absolute Gasteiger partial charge is 0.246 e. The van der Waals surface area contributed by atoms with E-state index in [0.717, 1.165) is 19.3 Å². The van der Waals surface area contributed by atoms with Crippen LogP contribution >= 0.6 is 0 Å². The number of carbonyl (C=O) groups is 5. The lowest BCUT2D eigenvalue weighted by Crippen LogP contribution is -2.31. The van der Waals surface area contributed by atoms with E-state index in [4.69, 9.17) is 5.73 Å². The maximum absolute atomic E-state index is 11.9. The van der Waals surface area contributed by atoms with Crippen molar-refractivity contribution in [1.29, 1.82) is 0 Å². The molecule has 0 radical (unpaired) electrons. The molecule has 0 aliphatic carbocycles. The quantitative estimate of drug-likeness (QED) is 0.0596. The summed E-state index contributed by atoms with van der Waals surface area (Å²) in [5.41, 5.74) is 5.39. The first-order chi connectivity index (χ1) is 18.6. The van der Waals surface area contributed by atoms with Gasteiger partial charge in [0.05, 0.1) is 0 Å². The summed E-state index contributed by atoms with van der Waals surface area (Å²) in [5, 5.41) is 36.0. The predicted molar refractivity (Wildman–Crippen MR) is 141 cm³/mol. The fraction of sp³-hybridized carbons (Fsp3) is 0.800. The number of nitrogens with zero attached hydrogens (tertiary/aromatic N) is 3. The van der Waals surface area contributed by atoms with Gasteiger partial charge < -0.3 is 16.4 Å². The van der Waals surface area contributed by atoms with Crippen molar-refractivity contribution in [1.82, 2.24) is 25.8 Å². The van der Waals surface area contributed by atoms with E-state index in [1.807, 2.05) is 0 Å². The Morgan fingerprint density at radius 3 is 1.36 bits per heavy atom. The Morgan fingerprint density at radius 2 is 0.949 bits per heavy atom. The molecule has 14 nitrogen and oxygen atoms in total. The number of nitrogens with one attached hydrogen (secondary N) is 2. The van der Waals surface area contributed by atoms with Crippen molar-refractivity contribution < 1.29 is 39.6 Å². The molecule has 0 aliphatic rings. The Morgan fingerprint density at radius 1 is 0.564 bits per heavy atom. The van der Waals surface area contributed by atoms with Crippen molar-refractivity contribution in [2.75, 3.05) is 39.3 Å². The number of carbonyl (C=O) groups excluding carboxylic acids is 5. The van der Waals surface area contributed by atoms with Crippen molar-refractivity contribution in [2.45, 2.75) is 90.4 Å². The Kier molecular flexibility index (Phi) is 21.4. The van der Waals surface area contributed by atoms with Gasteiger partial charge in [-0.2, -0.15) is 0 Å². The Labute approximate surface area is 230 Å². The van der Waals surface area contributed by atoms with Gasteiger partial charge in [0, 0.05) is 65.3 Å². The van der Waals surface area contributed by atoms with Gasteiger partial charge in [-0.1, -0.05) is 6.42 Å². The van der Waals surface area contributed by atoms with E-state index >= 15 is 0 Å². The highest BCUT2D eigenvalue weighted by atomic mass is 16.5. The minimum atomic E-state index is -0.552. The summed E-state index contributed by atoms with van der Waals surface area (Å²) in [4.78, 5) is 58.4. The summed E-state index contributed by atoms with van der Waals surface area (Å²) in [7, 11) is 0. The molecule has 0 spiro atoms. The first kappa shape index (κ1) is 36.2. The van der Waals surface area contributed by atoms with Crippen LogP contribution in [0.15, 0.2) is 0 Å². The van der Waals surface area contributed by atoms with E-state index in [9.17, 15) is 39.6 Å². The number of nitrogens with two attached hydrogens (primary N) is 1. The summed E-state index contributed by atoms with van der Waals surface area (Å²) in [6, 6.07) is 0. The summed E-state index contributed by atoms with van der Waals surface area (Å²) in [6.45, 7) is 3.21. The number of amides is 5. The SMILES string of the molecule is CC(=O)N(O)CCCCCN(O)C(=O)CCC(=O)NCCCCCNC(=O)CCC(=O)N(O)CCCCCN. The molecule has 0 rings (SSSR count). The molecule has 14 heteroatoms. The molecule has 0 aromatic rings. The molecule has 0 fully saturated rings. The molecule has 0 aromatic carbocycles. The Balaban J connectivity index is 3.72. The molecule has 0 unspecified atom stereocenters. The lowest BCUT2D eigenvalue weighted by molar-refractivity contribution is -0.166. The molecule has 0 aliphatic heterocycles. The van der Waals surface area contributed by atoms with Crippen molar-refractivity contribution in [3.63, 3.8) is 0 Å². The van der Waals surface area contributed by atoms with Crippen LogP contribution in [0, 0.1) is 0 Å². The van der Waals surface area contributed by atoms with Gasteiger partial charge in [-0.15, -0.1) is 0 Å². The third kappa shape index (κ3) is 20.8. The highest BCUT2D eigenvalue weighted by molar-refractivity contribution is 5.83. The highest BCUT2D eigenvalue weighted by Gasteiger charge is 2.14. The van der Waals surface area contributed by atoms with Crippen LogP contribution in [-0.4, -0.2) is 99.6 Å². The van der Waals surface area contributed by atoms with Gasteiger partial charge in [0.1, 0.15) is 0 Å². The van der Waals surface area contributed by atoms with Gasteiger partial charge in [0.25, 0.3) is 0 Å². The summed E-state index contributed by atoms with van der Waals surface area (Å²) < 4.78 is 0. The fourth-order valence-corrected chi connectivity index (χ4v) is 3.45. The minimum absolute atomic E-state index is 0.00230. The van der Waals surface area contributed by atoms with Crippen LogP contribution in [-0.2, 0) is 24.0 Å². The second-order valence-electron chi connectivity index (χ2n) is 9.35. The predicted octanol–water partition coefficient (Wildman–Crippen LogP) is 0.922. The van der Waals surface area contributed by atoms with Crippen LogP contribution < -0.4 is 16.4 Å². The molecule has 0 bridgehead atoms. The van der Waals surface area contributed by atoms with E-state index < -0.39 is 17.7 Å². The van der Waals surface area contributed by atoms with Crippen molar-refractivity contribution in [3.05, 3.63) is 0 Å². The molecular formula is C25H48N6O8. The zero-order chi connectivity index (χ0) is 29.5. The topological polar surface area (TPSA) is 206 Å². The number of hydrogen-bond acceptors (Lipinski definition) is 9.